The number of hydrogen-bond acceptors (Lipinski definition) is 4. The lowest BCUT2D eigenvalue weighted by molar-refractivity contribution is -0.119. The average Bonchev–Trinajstić information content (AvgIpc) is 2.83. The fraction of sp³-hybridized carbons (Fsp3) is 0.500. The Kier molecular flexibility index (Phi) is 3.77. The first-order chi connectivity index (χ1) is 9.24. The Morgan fingerprint density at radius 1 is 1.37 bits per heavy atom. The van der Waals surface area contributed by atoms with Gasteiger partial charge in [-0.3, -0.25) is 9.69 Å². The van der Waals surface area contributed by atoms with E-state index in [9.17, 15) is 9.90 Å². The van der Waals surface area contributed by atoms with Crippen molar-refractivity contribution in [3.05, 3.63) is 24.3 Å². The van der Waals surface area contributed by atoms with Gasteiger partial charge < -0.3 is 10.0 Å². The first-order valence-corrected chi connectivity index (χ1v) is 7.65. The van der Waals surface area contributed by atoms with Crippen molar-refractivity contribution >= 4 is 23.4 Å². The van der Waals surface area contributed by atoms with Gasteiger partial charge in [-0.2, -0.15) is 0 Å². The molecule has 1 atom stereocenters. The van der Waals surface area contributed by atoms with Crippen molar-refractivity contribution in [1.82, 2.24) is 4.90 Å². The number of aliphatic hydroxyl groups excluding tert-OH is 1. The van der Waals surface area contributed by atoms with Crippen molar-refractivity contribution in [3.63, 3.8) is 0 Å². The maximum atomic E-state index is 12.4. The molecule has 4 nitrogen and oxygen atoms in total. The summed E-state index contributed by atoms with van der Waals surface area (Å²) in [6.07, 6.45) is 0.511. The van der Waals surface area contributed by atoms with Crippen molar-refractivity contribution in [1.29, 1.82) is 0 Å². The summed E-state index contributed by atoms with van der Waals surface area (Å²) in [5.41, 5.74) is 1.03. The first-order valence-electron chi connectivity index (χ1n) is 6.66. The minimum Gasteiger partial charge on any atom is -0.392 e. The molecule has 19 heavy (non-hydrogen) atoms. The number of benzene rings is 1. The number of rotatable bonds is 2. The van der Waals surface area contributed by atoms with Crippen LogP contribution in [0.5, 0.6) is 0 Å². The average molecular weight is 278 g/mol. The molecular weight excluding hydrogens is 260 g/mol. The number of fused-ring (bicyclic) bond motifs is 1. The summed E-state index contributed by atoms with van der Waals surface area (Å²) in [5.74, 6) is 1.09. The van der Waals surface area contributed by atoms with Gasteiger partial charge in [0.05, 0.1) is 18.3 Å². The molecule has 0 aromatic heterocycles. The highest BCUT2D eigenvalue weighted by atomic mass is 32.2. The fourth-order valence-electron chi connectivity index (χ4n) is 2.66. The van der Waals surface area contributed by atoms with Gasteiger partial charge in [-0.25, -0.2) is 0 Å². The smallest absolute Gasteiger partial charge is 0.241 e. The number of carbonyl (C=O) groups is 1. The van der Waals surface area contributed by atoms with Crippen LogP contribution in [0.2, 0.25) is 0 Å². The SMILES string of the molecule is O=C(CN1CC[C@H](O)C1)N1CCSc2ccccc21. The van der Waals surface area contributed by atoms with E-state index in [1.165, 1.54) is 4.90 Å². The zero-order valence-corrected chi connectivity index (χ0v) is 11.6. The lowest BCUT2D eigenvalue weighted by Crippen LogP contribution is -2.42. The summed E-state index contributed by atoms with van der Waals surface area (Å²) < 4.78 is 0. The Labute approximate surface area is 117 Å². The van der Waals surface area contributed by atoms with E-state index in [2.05, 4.69) is 6.07 Å². The van der Waals surface area contributed by atoms with E-state index >= 15 is 0 Å². The zero-order chi connectivity index (χ0) is 13.2. The van der Waals surface area contributed by atoms with Crippen LogP contribution in [0.3, 0.4) is 0 Å². The van der Waals surface area contributed by atoms with Crippen LogP contribution in [0.1, 0.15) is 6.42 Å². The van der Waals surface area contributed by atoms with Crippen LogP contribution in [0.4, 0.5) is 5.69 Å². The fourth-order valence-corrected chi connectivity index (χ4v) is 3.66. The third kappa shape index (κ3) is 2.78. The molecule has 1 saturated heterocycles. The monoisotopic (exact) mass is 278 g/mol. The van der Waals surface area contributed by atoms with Gasteiger partial charge in [0, 0.05) is 30.3 Å². The Bertz CT molecular complexity index is 480. The molecule has 3 rings (SSSR count). The standard InChI is InChI=1S/C14H18N2O2S/c17-11-5-6-15(9-11)10-14(18)16-7-8-19-13-4-2-1-3-12(13)16/h1-4,11,17H,5-10H2/t11-/m0/s1. The highest BCUT2D eigenvalue weighted by Crippen LogP contribution is 2.34. The zero-order valence-electron chi connectivity index (χ0n) is 10.8. The van der Waals surface area contributed by atoms with E-state index < -0.39 is 0 Å². The number of aliphatic hydroxyl groups is 1. The maximum absolute atomic E-state index is 12.4. The number of hydrogen-bond donors (Lipinski definition) is 1. The molecule has 2 aliphatic rings. The lowest BCUT2D eigenvalue weighted by atomic mass is 10.2. The molecule has 1 aromatic rings. The summed E-state index contributed by atoms with van der Waals surface area (Å²) in [6.45, 7) is 2.63. The van der Waals surface area contributed by atoms with Crippen molar-refractivity contribution in [3.8, 4) is 0 Å². The van der Waals surface area contributed by atoms with Crippen LogP contribution < -0.4 is 4.90 Å². The van der Waals surface area contributed by atoms with Crippen LogP contribution in [-0.2, 0) is 4.79 Å². The van der Waals surface area contributed by atoms with E-state index in [-0.39, 0.29) is 12.0 Å². The molecule has 0 saturated carbocycles. The quantitative estimate of drug-likeness (QED) is 0.882. The van der Waals surface area contributed by atoms with Crippen molar-refractivity contribution in [2.24, 2.45) is 0 Å². The molecule has 1 N–H and O–H groups in total. The minimum atomic E-state index is -0.267. The van der Waals surface area contributed by atoms with E-state index in [1.807, 2.05) is 28.0 Å². The van der Waals surface area contributed by atoms with Gasteiger partial charge in [0.2, 0.25) is 5.91 Å². The topological polar surface area (TPSA) is 43.8 Å². The van der Waals surface area contributed by atoms with Gasteiger partial charge in [0.15, 0.2) is 0 Å². The number of likely N-dealkylation sites (tertiary alicyclic amines) is 1. The Hall–Kier alpha value is -1.04. The largest absolute Gasteiger partial charge is 0.392 e. The molecule has 2 aliphatic heterocycles. The highest BCUT2D eigenvalue weighted by molar-refractivity contribution is 7.99. The Morgan fingerprint density at radius 3 is 3.00 bits per heavy atom. The summed E-state index contributed by atoms with van der Waals surface area (Å²) in [7, 11) is 0. The van der Waals surface area contributed by atoms with Crippen LogP contribution in [0.15, 0.2) is 29.2 Å². The van der Waals surface area contributed by atoms with Gasteiger partial charge >= 0.3 is 0 Å². The molecule has 0 radical (unpaired) electrons. The van der Waals surface area contributed by atoms with E-state index in [0.717, 1.165) is 31.0 Å². The predicted octanol–water partition coefficient (Wildman–Crippen LogP) is 1.19. The number of nitrogens with zero attached hydrogens (tertiary/aromatic N) is 2. The molecule has 0 unspecified atom stereocenters. The predicted molar refractivity (Wildman–Crippen MR) is 76.6 cm³/mol. The van der Waals surface area contributed by atoms with Gasteiger partial charge in [-0.15, -0.1) is 11.8 Å². The van der Waals surface area contributed by atoms with Crippen LogP contribution >= 0.6 is 11.8 Å². The molecule has 0 aliphatic carbocycles. The van der Waals surface area contributed by atoms with Crippen LogP contribution in [0, 0.1) is 0 Å². The van der Waals surface area contributed by atoms with Gasteiger partial charge in [0.1, 0.15) is 0 Å². The van der Waals surface area contributed by atoms with Crippen molar-refractivity contribution in [2.75, 3.05) is 36.8 Å². The number of thioether (sulfide) groups is 1. The second kappa shape index (κ2) is 5.53. The normalized spacial score (nSPS) is 23.4. The molecule has 0 bridgehead atoms. The number of amides is 1. The Morgan fingerprint density at radius 2 is 2.21 bits per heavy atom. The maximum Gasteiger partial charge on any atom is 0.241 e. The molecule has 2 heterocycles. The van der Waals surface area contributed by atoms with Crippen LogP contribution in [-0.4, -0.2) is 53.9 Å². The summed E-state index contributed by atoms with van der Waals surface area (Å²) >= 11 is 1.81. The highest BCUT2D eigenvalue weighted by Gasteiger charge is 2.27. The third-order valence-corrected chi connectivity index (χ3v) is 4.68. The Balaban J connectivity index is 1.71. The molecule has 1 amide bonds. The molecule has 0 spiro atoms. The second-order valence-electron chi connectivity index (χ2n) is 5.04. The van der Waals surface area contributed by atoms with E-state index in [4.69, 9.17) is 0 Å². The first kappa shape index (κ1) is 13.0. The van der Waals surface area contributed by atoms with Gasteiger partial charge in [-0.1, -0.05) is 12.1 Å². The summed E-state index contributed by atoms with van der Waals surface area (Å²) in [6, 6.07) is 8.07. The minimum absolute atomic E-state index is 0.141. The molecule has 5 heteroatoms. The molecular formula is C14H18N2O2S. The van der Waals surface area contributed by atoms with Crippen molar-refractivity contribution < 1.29 is 9.90 Å². The number of carbonyl (C=O) groups excluding carboxylic acids is 1. The number of anilines is 1. The number of para-hydroxylation sites is 1. The van der Waals surface area contributed by atoms with Crippen LogP contribution in [0.25, 0.3) is 0 Å². The van der Waals surface area contributed by atoms with Gasteiger partial charge in [-0.05, 0) is 18.6 Å². The molecule has 1 aromatic carbocycles. The van der Waals surface area contributed by atoms with E-state index in [1.54, 1.807) is 11.8 Å². The second-order valence-corrected chi connectivity index (χ2v) is 6.18. The van der Waals surface area contributed by atoms with E-state index in [0.29, 0.717) is 13.1 Å². The molecule has 1 fully saturated rings. The lowest BCUT2D eigenvalue weighted by Gasteiger charge is -2.30. The third-order valence-electron chi connectivity index (χ3n) is 3.64. The summed E-state index contributed by atoms with van der Waals surface area (Å²) in [4.78, 5) is 17.5. The number of β-amino-alcohol motifs (C(OH)–C–C–N with tert-alkyl or cyclic N) is 1. The molecule has 102 valence electrons. The van der Waals surface area contributed by atoms with Crippen molar-refractivity contribution in [2.45, 2.75) is 17.4 Å². The van der Waals surface area contributed by atoms with Gasteiger partial charge in [0.25, 0.3) is 0 Å². The summed E-state index contributed by atoms with van der Waals surface area (Å²) in [5, 5.41) is 9.51.